The molecule has 1 unspecified atom stereocenters. The van der Waals surface area contributed by atoms with Gasteiger partial charge in [-0.1, -0.05) is 37.3 Å². The topological polar surface area (TPSA) is 36.4 Å². The number of aryl methyl sites for hydroxylation is 2. The van der Waals surface area contributed by atoms with Gasteiger partial charge in [0.1, 0.15) is 0 Å². The van der Waals surface area contributed by atoms with Gasteiger partial charge in [-0.25, -0.2) is 0 Å². The molecule has 1 aromatic heterocycles. The zero-order chi connectivity index (χ0) is 18.5. The Kier molecular flexibility index (Phi) is 6.04. The first-order valence-corrected chi connectivity index (χ1v) is 9.55. The van der Waals surface area contributed by atoms with Crippen LogP contribution >= 0.6 is 0 Å². The molecule has 0 radical (unpaired) electrons. The lowest BCUT2D eigenvalue weighted by Crippen LogP contribution is -2.36. The Morgan fingerprint density at radius 2 is 1.73 bits per heavy atom. The van der Waals surface area contributed by atoms with Crippen LogP contribution in [0.25, 0.3) is 0 Å². The van der Waals surface area contributed by atoms with E-state index in [9.17, 15) is 4.79 Å². The third-order valence-corrected chi connectivity index (χ3v) is 5.10. The summed E-state index contributed by atoms with van der Waals surface area (Å²) in [4.78, 5) is 21.8. The number of hydrogen-bond donors (Lipinski definition) is 0. The van der Waals surface area contributed by atoms with Crippen LogP contribution in [0.4, 0.5) is 0 Å². The Hall–Kier alpha value is -2.20. The number of rotatable bonds is 4. The third-order valence-electron chi connectivity index (χ3n) is 5.10. The van der Waals surface area contributed by atoms with Crippen LogP contribution in [0.15, 0.2) is 42.5 Å². The van der Waals surface area contributed by atoms with Crippen molar-refractivity contribution in [3.8, 4) is 0 Å². The minimum Gasteiger partial charge on any atom is -0.337 e. The van der Waals surface area contributed by atoms with Gasteiger partial charge < -0.3 is 9.80 Å². The first-order valence-electron chi connectivity index (χ1n) is 9.55. The maximum atomic E-state index is 12.9. The van der Waals surface area contributed by atoms with Crippen LogP contribution in [0.3, 0.4) is 0 Å². The molecule has 138 valence electrons. The Balaban J connectivity index is 1.60. The Morgan fingerprint density at radius 1 is 1.04 bits per heavy atom. The molecule has 1 saturated heterocycles. The molecule has 4 nitrogen and oxygen atoms in total. The fourth-order valence-electron chi connectivity index (χ4n) is 3.77. The quantitative estimate of drug-likeness (QED) is 0.844. The van der Waals surface area contributed by atoms with Gasteiger partial charge >= 0.3 is 0 Å². The van der Waals surface area contributed by atoms with E-state index >= 15 is 0 Å². The normalized spacial score (nSPS) is 17.0. The predicted octanol–water partition coefficient (Wildman–Crippen LogP) is 3.65. The number of carbonyl (C=O) groups excluding carboxylic acids is 1. The molecule has 4 heteroatoms. The van der Waals surface area contributed by atoms with E-state index in [4.69, 9.17) is 0 Å². The average molecular weight is 351 g/mol. The average Bonchev–Trinajstić information content (AvgIpc) is 2.86. The number of aromatic nitrogens is 1. The highest BCUT2D eigenvalue weighted by Gasteiger charge is 2.22. The van der Waals surface area contributed by atoms with Gasteiger partial charge in [0.15, 0.2) is 0 Å². The highest BCUT2D eigenvalue weighted by Crippen LogP contribution is 2.18. The minimum absolute atomic E-state index is 0.136. The maximum Gasteiger partial charge on any atom is 0.254 e. The van der Waals surface area contributed by atoms with Crippen molar-refractivity contribution in [2.75, 3.05) is 32.7 Å². The summed E-state index contributed by atoms with van der Waals surface area (Å²) in [5.41, 5.74) is 3.96. The van der Waals surface area contributed by atoms with Crippen molar-refractivity contribution >= 4 is 5.91 Å². The van der Waals surface area contributed by atoms with E-state index in [1.54, 1.807) is 0 Å². The second kappa shape index (κ2) is 8.45. The first kappa shape index (κ1) is 18.6. The van der Waals surface area contributed by atoms with Crippen LogP contribution in [0.5, 0.6) is 0 Å². The zero-order valence-electron chi connectivity index (χ0n) is 16.1. The minimum atomic E-state index is 0.136. The van der Waals surface area contributed by atoms with Gasteiger partial charge in [-0.15, -0.1) is 0 Å². The van der Waals surface area contributed by atoms with E-state index in [2.05, 4.69) is 47.1 Å². The molecule has 1 aliphatic heterocycles. The molecule has 0 bridgehead atoms. The Labute approximate surface area is 156 Å². The molecule has 1 fully saturated rings. The molecule has 26 heavy (non-hydrogen) atoms. The van der Waals surface area contributed by atoms with Gasteiger partial charge in [0.25, 0.3) is 5.91 Å². The van der Waals surface area contributed by atoms with Crippen molar-refractivity contribution in [1.29, 1.82) is 0 Å². The van der Waals surface area contributed by atoms with Crippen molar-refractivity contribution in [3.05, 3.63) is 65.0 Å². The zero-order valence-corrected chi connectivity index (χ0v) is 16.1. The molecule has 1 aliphatic rings. The second-order valence-electron chi connectivity index (χ2n) is 7.40. The van der Waals surface area contributed by atoms with Crippen LogP contribution in [0.2, 0.25) is 0 Å². The van der Waals surface area contributed by atoms with E-state index in [-0.39, 0.29) is 5.91 Å². The summed E-state index contributed by atoms with van der Waals surface area (Å²) in [5, 5.41) is 0. The summed E-state index contributed by atoms with van der Waals surface area (Å²) < 4.78 is 0. The van der Waals surface area contributed by atoms with Crippen LogP contribution in [-0.4, -0.2) is 53.4 Å². The lowest BCUT2D eigenvalue weighted by Gasteiger charge is -2.25. The molecular formula is C22H29N3O. The lowest BCUT2D eigenvalue weighted by atomic mass is 10.0. The number of pyridine rings is 1. The number of amides is 1. The summed E-state index contributed by atoms with van der Waals surface area (Å²) in [6.07, 6.45) is 1.02. The predicted molar refractivity (Wildman–Crippen MR) is 106 cm³/mol. The standard InChI is InChI=1S/C22H29N3O/c1-17(20-8-5-4-6-9-20)16-24-10-7-11-25(13-12-24)22(26)21-14-18(2)23-19(3)15-21/h4-6,8-9,14-15,17H,7,10-13,16H2,1-3H3. The van der Waals surface area contributed by atoms with E-state index in [1.165, 1.54) is 5.56 Å². The molecule has 2 heterocycles. The maximum absolute atomic E-state index is 12.9. The summed E-state index contributed by atoms with van der Waals surface area (Å²) in [6, 6.07) is 14.5. The molecule has 0 saturated carbocycles. The van der Waals surface area contributed by atoms with Gasteiger partial charge in [-0.05, 0) is 50.4 Å². The molecule has 1 amide bonds. The third kappa shape index (κ3) is 4.70. The number of nitrogens with zero attached hydrogens (tertiary/aromatic N) is 3. The number of hydrogen-bond acceptors (Lipinski definition) is 3. The van der Waals surface area contributed by atoms with E-state index in [0.717, 1.165) is 56.1 Å². The van der Waals surface area contributed by atoms with Crippen LogP contribution < -0.4 is 0 Å². The van der Waals surface area contributed by atoms with Gasteiger partial charge in [0.05, 0.1) is 0 Å². The van der Waals surface area contributed by atoms with Crippen molar-refractivity contribution in [1.82, 2.24) is 14.8 Å². The van der Waals surface area contributed by atoms with E-state index < -0.39 is 0 Å². The van der Waals surface area contributed by atoms with Gasteiger partial charge in [-0.2, -0.15) is 0 Å². The highest BCUT2D eigenvalue weighted by atomic mass is 16.2. The largest absolute Gasteiger partial charge is 0.337 e. The van der Waals surface area contributed by atoms with Crippen LogP contribution in [-0.2, 0) is 0 Å². The summed E-state index contributed by atoms with van der Waals surface area (Å²) >= 11 is 0. The molecule has 0 aliphatic carbocycles. The summed E-state index contributed by atoms with van der Waals surface area (Å²) in [6.45, 7) is 10.8. The van der Waals surface area contributed by atoms with Crippen LogP contribution in [0.1, 0.15) is 46.6 Å². The Morgan fingerprint density at radius 3 is 2.42 bits per heavy atom. The van der Waals surface area contributed by atoms with Gasteiger partial charge in [-0.3, -0.25) is 9.78 Å². The molecular weight excluding hydrogens is 322 g/mol. The van der Waals surface area contributed by atoms with Crippen molar-refractivity contribution in [3.63, 3.8) is 0 Å². The number of carbonyl (C=O) groups is 1. The molecule has 2 aromatic rings. The summed E-state index contributed by atoms with van der Waals surface area (Å²) in [7, 11) is 0. The SMILES string of the molecule is Cc1cc(C(=O)N2CCCN(CC(C)c3ccccc3)CC2)cc(C)n1. The van der Waals surface area contributed by atoms with Crippen molar-refractivity contribution in [2.45, 2.75) is 33.1 Å². The Bertz CT molecular complexity index is 724. The summed E-state index contributed by atoms with van der Waals surface area (Å²) in [5.74, 6) is 0.639. The lowest BCUT2D eigenvalue weighted by molar-refractivity contribution is 0.0761. The van der Waals surface area contributed by atoms with Gasteiger partial charge in [0, 0.05) is 43.1 Å². The van der Waals surface area contributed by atoms with E-state index in [0.29, 0.717) is 5.92 Å². The molecule has 0 N–H and O–H groups in total. The second-order valence-corrected chi connectivity index (χ2v) is 7.40. The molecule has 0 spiro atoms. The highest BCUT2D eigenvalue weighted by molar-refractivity contribution is 5.94. The molecule has 3 rings (SSSR count). The molecule has 1 aromatic carbocycles. The van der Waals surface area contributed by atoms with Crippen molar-refractivity contribution < 1.29 is 4.79 Å². The fourth-order valence-corrected chi connectivity index (χ4v) is 3.77. The van der Waals surface area contributed by atoms with Gasteiger partial charge in [0.2, 0.25) is 0 Å². The monoisotopic (exact) mass is 351 g/mol. The van der Waals surface area contributed by atoms with Crippen LogP contribution in [0, 0.1) is 13.8 Å². The molecule has 1 atom stereocenters. The van der Waals surface area contributed by atoms with Crippen molar-refractivity contribution in [2.24, 2.45) is 0 Å². The van der Waals surface area contributed by atoms with E-state index in [1.807, 2.05) is 30.9 Å². The first-order chi connectivity index (χ1) is 12.5. The fraction of sp³-hybridized carbons (Fsp3) is 0.455. The number of benzene rings is 1. The smallest absolute Gasteiger partial charge is 0.254 e.